The van der Waals surface area contributed by atoms with E-state index >= 15 is 0 Å². The molecule has 1 heterocycles. The minimum Gasteiger partial charge on any atom is -0.491 e. The highest BCUT2D eigenvalue weighted by molar-refractivity contribution is 5.67. The Morgan fingerprint density at radius 1 is 1.35 bits per heavy atom. The third-order valence-electron chi connectivity index (χ3n) is 3.78. The first kappa shape index (κ1) is 17.5. The number of aliphatic hydroxyl groups excluding tert-OH is 1. The molecule has 1 fully saturated rings. The largest absolute Gasteiger partial charge is 0.491 e. The number of carbonyl (C=O) groups is 1. The molecule has 0 aromatic heterocycles. The smallest absolute Gasteiger partial charge is 0.410 e. The molecule has 0 spiro atoms. The maximum Gasteiger partial charge on any atom is 0.410 e. The van der Waals surface area contributed by atoms with Crippen LogP contribution in [0.4, 0.5) is 9.18 Å². The number of quaternary nitrogens is 1. The molecule has 23 heavy (non-hydrogen) atoms. The molecule has 6 nitrogen and oxygen atoms in total. The summed E-state index contributed by atoms with van der Waals surface area (Å²) in [4.78, 5) is 14.5. The van der Waals surface area contributed by atoms with Crippen LogP contribution in [0, 0.1) is 5.82 Å². The molecule has 7 heteroatoms. The molecule has 0 unspecified atom stereocenters. The summed E-state index contributed by atoms with van der Waals surface area (Å²) in [5.41, 5.74) is 0. The van der Waals surface area contributed by atoms with Crippen molar-refractivity contribution in [1.82, 2.24) is 4.90 Å². The van der Waals surface area contributed by atoms with Crippen LogP contribution in [0.5, 0.6) is 5.75 Å². The van der Waals surface area contributed by atoms with E-state index in [9.17, 15) is 14.3 Å². The summed E-state index contributed by atoms with van der Waals surface area (Å²) in [6.07, 6.45) is -0.879. The highest BCUT2D eigenvalue weighted by atomic mass is 19.1. The van der Waals surface area contributed by atoms with Crippen LogP contribution in [-0.2, 0) is 4.74 Å². The lowest BCUT2D eigenvalue weighted by Crippen LogP contribution is -3.16. The van der Waals surface area contributed by atoms with Gasteiger partial charge in [-0.3, -0.25) is 4.90 Å². The van der Waals surface area contributed by atoms with Crippen molar-refractivity contribution < 1.29 is 28.7 Å². The van der Waals surface area contributed by atoms with Crippen molar-refractivity contribution in [2.75, 3.05) is 45.9 Å². The second kappa shape index (κ2) is 8.69. The first-order chi connectivity index (χ1) is 11.1. The maximum atomic E-state index is 12.8. The Morgan fingerprint density at radius 2 is 2.00 bits per heavy atom. The van der Waals surface area contributed by atoms with Crippen LogP contribution in [0.2, 0.25) is 0 Å². The average molecular weight is 327 g/mol. The normalized spacial score (nSPS) is 16.9. The lowest BCUT2D eigenvalue weighted by Gasteiger charge is -2.32. The van der Waals surface area contributed by atoms with Crippen molar-refractivity contribution in [2.45, 2.75) is 13.0 Å². The first-order valence-corrected chi connectivity index (χ1v) is 7.90. The van der Waals surface area contributed by atoms with Gasteiger partial charge in [-0.25, -0.2) is 9.18 Å². The number of hydrogen-bond acceptors (Lipinski definition) is 4. The van der Waals surface area contributed by atoms with Gasteiger partial charge in [-0.05, 0) is 31.2 Å². The molecule has 2 rings (SSSR count). The average Bonchev–Trinajstić information content (AvgIpc) is 2.55. The predicted octanol–water partition coefficient (Wildman–Crippen LogP) is -0.0776. The standard InChI is InChI=1S/C16H23FN2O4/c1-2-22-16(21)19-9-7-18(8-10-19)11-14(20)12-23-15-5-3-13(17)4-6-15/h3-6,14,20H,2,7-12H2,1H3/p+1/t14-/m0/s1. The molecule has 0 aliphatic carbocycles. The number of piperazine rings is 1. The Morgan fingerprint density at radius 3 is 2.61 bits per heavy atom. The van der Waals surface area contributed by atoms with E-state index in [2.05, 4.69) is 0 Å². The third kappa shape index (κ3) is 5.69. The summed E-state index contributed by atoms with van der Waals surface area (Å²) < 4.78 is 23.2. The number of carbonyl (C=O) groups excluding carboxylic acids is 1. The number of ether oxygens (including phenoxy) is 2. The summed E-state index contributed by atoms with van der Waals surface area (Å²) in [6.45, 7) is 5.68. The molecule has 128 valence electrons. The minimum atomic E-state index is -0.607. The highest BCUT2D eigenvalue weighted by Gasteiger charge is 2.26. The molecule has 1 saturated heterocycles. The third-order valence-corrected chi connectivity index (χ3v) is 3.78. The Kier molecular flexibility index (Phi) is 6.61. The fourth-order valence-electron chi connectivity index (χ4n) is 2.54. The number of halogens is 1. The Labute approximate surface area is 135 Å². The van der Waals surface area contributed by atoms with Crippen LogP contribution in [0.3, 0.4) is 0 Å². The molecular formula is C16H24FN2O4+. The van der Waals surface area contributed by atoms with E-state index in [1.54, 1.807) is 11.8 Å². The summed E-state index contributed by atoms with van der Waals surface area (Å²) in [6, 6.07) is 5.71. The molecule has 1 aliphatic heterocycles. The Bertz CT molecular complexity index is 489. The number of rotatable bonds is 6. The van der Waals surface area contributed by atoms with Crippen molar-refractivity contribution in [2.24, 2.45) is 0 Å². The van der Waals surface area contributed by atoms with Crippen molar-refractivity contribution in [3.05, 3.63) is 30.1 Å². The van der Waals surface area contributed by atoms with Gasteiger partial charge in [0.15, 0.2) is 0 Å². The lowest BCUT2D eigenvalue weighted by molar-refractivity contribution is -0.907. The molecule has 0 radical (unpaired) electrons. The molecule has 1 aliphatic rings. The lowest BCUT2D eigenvalue weighted by atomic mass is 10.2. The number of hydrogen-bond donors (Lipinski definition) is 2. The summed E-state index contributed by atoms with van der Waals surface area (Å²) >= 11 is 0. The zero-order chi connectivity index (χ0) is 16.7. The van der Waals surface area contributed by atoms with E-state index in [1.807, 2.05) is 0 Å². The number of amides is 1. The fraction of sp³-hybridized carbons (Fsp3) is 0.562. The van der Waals surface area contributed by atoms with E-state index in [-0.39, 0.29) is 18.5 Å². The second-order valence-electron chi connectivity index (χ2n) is 5.56. The van der Waals surface area contributed by atoms with Crippen molar-refractivity contribution >= 4 is 6.09 Å². The summed E-state index contributed by atoms with van der Waals surface area (Å²) in [5, 5.41) is 10.1. The zero-order valence-corrected chi connectivity index (χ0v) is 13.3. The molecule has 2 N–H and O–H groups in total. The zero-order valence-electron chi connectivity index (χ0n) is 13.3. The molecule has 1 aromatic carbocycles. The molecule has 1 amide bonds. The Balaban J connectivity index is 1.67. The number of benzene rings is 1. The van der Waals surface area contributed by atoms with Gasteiger partial charge in [0.05, 0.1) is 32.8 Å². The van der Waals surface area contributed by atoms with E-state index in [0.29, 0.717) is 32.0 Å². The van der Waals surface area contributed by atoms with Crippen LogP contribution in [-0.4, -0.2) is 68.1 Å². The van der Waals surface area contributed by atoms with Crippen molar-refractivity contribution in [3.63, 3.8) is 0 Å². The van der Waals surface area contributed by atoms with Gasteiger partial charge in [0.25, 0.3) is 0 Å². The molecule has 0 bridgehead atoms. The van der Waals surface area contributed by atoms with Crippen LogP contribution in [0.25, 0.3) is 0 Å². The van der Waals surface area contributed by atoms with Crippen molar-refractivity contribution in [1.29, 1.82) is 0 Å². The summed E-state index contributed by atoms with van der Waals surface area (Å²) in [5.74, 6) is 0.217. The van der Waals surface area contributed by atoms with Crippen LogP contribution in [0.1, 0.15) is 6.92 Å². The highest BCUT2D eigenvalue weighted by Crippen LogP contribution is 2.11. The van der Waals surface area contributed by atoms with Gasteiger partial charge in [0.1, 0.15) is 30.8 Å². The fourth-order valence-corrected chi connectivity index (χ4v) is 2.54. The minimum absolute atomic E-state index is 0.163. The van der Waals surface area contributed by atoms with Crippen LogP contribution in [0.15, 0.2) is 24.3 Å². The number of nitrogens with zero attached hydrogens (tertiary/aromatic N) is 1. The van der Waals surface area contributed by atoms with Crippen molar-refractivity contribution in [3.8, 4) is 5.75 Å². The molecule has 1 atom stereocenters. The van der Waals surface area contributed by atoms with Gasteiger partial charge in [-0.1, -0.05) is 0 Å². The number of aliphatic hydroxyl groups is 1. The van der Waals surface area contributed by atoms with Gasteiger partial charge in [-0.2, -0.15) is 0 Å². The maximum absolute atomic E-state index is 12.8. The molecule has 1 aromatic rings. The predicted molar refractivity (Wildman–Crippen MR) is 82.1 cm³/mol. The van der Waals surface area contributed by atoms with E-state index in [4.69, 9.17) is 9.47 Å². The van der Waals surface area contributed by atoms with Gasteiger partial charge >= 0.3 is 6.09 Å². The number of nitrogens with one attached hydrogen (secondary N) is 1. The first-order valence-electron chi connectivity index (χ1n) is 7.90. The van der Waals surface area contributed by atoms with Crippen LogP contribution < -0.4 is 9.64 Å². The SMILES string of the molecule is CCOC(=O)N1CC[NH+](C[C@H](O)COc2ccc(F)cc2)CC1. The topological polar surface area (TPSA) is 63.4 Å². The van der Waals surface area contributed by atoms with E-state index in [0.717, 1.165) is 13.1 Å². The Hall–Kier alpha value is -1.86. The second-order valence-corrected chi connectivity index (χ2v) is 5.56. The van der Waals surface area contributed by atoms with Gasteiger partial charge in [0.2, 0.25) is 0 Å². The monoisotopic (exact) mass is 327 g/mol. The van der Waals surface area contributed by atoms with Gasteiger partial charge in [0, 0.05) is 0 Å². The molecule has 0 saturated carbocycles. The van der Waals surface area contributed by atoms with E-state index in [1.165, 1.54) is 29.2 Å². The van der Waals surface area contributed by atoms with Crippen LogP contribution >= 0.6 is 0 Å². The van der Waals surface area contributed by atoms with Gasteiger partial charge < -0.3 is 19.5 Å². The van der Waals surface area contributed by atoms with Gasteiger partial charge in [-0.15, -0.1) is 0 Å². The molecular weight excluding hydrogens is 303 g/mol. The summed E-state index contributed by atoms with van der Waals surface area (Å²) in [7, 11) is 0. The van der Waals surface area contributed by atoms with E-state index < -0.39 is 6.10 Å². The quantitative estimate of drug-likeness (QED) is 0.767.